The van der Waals surface area contributed by atoms with E-state index in [1.54, 1.807) is 54.7 Å². The second-order valence-corrected chi connectivity index (χ2v) is 10.4. The van der Waals surface area contributed by atoms with Crippen LogP contribution in [-0.4, -0.2) is 29.7 Å². The molecular weight excluding hydrogens is 460 g/mol. The van der Waals surface area contributed by atoms with Crippen LogP contribution in [0.3, 0.4) is 0 Å². The largest absolute Gasteiger partial charge is 0.290 e. The lowest BCUT2D eigenvalue weighted by Gasteiger charge is -2.23. The van der Waals surface area contributed by atoms with Crippen molar-refractivity contribution in [1.29, 1.82) is 0 Å². The van der Waals surface area contributed by atoms with Crippen LogP contribution in [0.1, 0.15) is 16.7 Å². The van der Waals surface area contributed by atoms with Crippen LogP contribution in [0.25, 0.3) is 16.9 Å². The van der Waals surface area contributed by atoms with Gasteiger partial charge in [-0.1, -0.05) is 35.4 Å². The van der Waals surface area contributed by atoms with Crippen molar-refractivity contribution in [3.05, 3.63) is 92.9 Å². The van der Waals surface area contributed by atoms with Gasteiger partial charge in [0, 0.05) is 28.9 Å². The molecule has 0 unspecified atom stereocenters. The molecule has 3 heterocycles. The fourth-order valence-electron chi connectivity index (χ4n) is 4.10. The summed E-state index contributed by atoms with van der Waals surface area (Å²) >= 11 is 6.18. The molecule has 0 atom stereocenters. The number of aromatic amines is 1. The molecule has 1 aliphatic rings. The van der Waals surface area contributed by atoms with Crippen LogP contribution in [0.15, 0.2) is 70.5 Å². The summed E-state index contributed by atoms with van der Waals surface area (Å²) in [6.07, 6.45) is 1.79. The van der Waals surface area contributed by atoms with Gasteiger partial charge in [-0.3, -0.25) is 9.89 Å². The van der Waals surface area contributed by atoms with E-state index in [1.807, 2.05) is 19.9 Å². The van der Waals surface area contributed by atoms with E-state index in [9.17, 15) is 13.2 Å². The summed E-state index contributed by atoms with van der Waals surface area (Å²) < 4.78 is 29.8. The third kappa shape index (κ3) is 3.55. The van der Waals surface area contributed by atoms with Crippen LogP contribution in [0.4, 0.5) is 5.82 Å². The Kier molecular flexibility index (Phi) is 5.14. The van der Waals surface area contributed by atoms with E-state index >= 15 is 0 Å². The summed E-state index contributed by atoms with van der Waals surface area (Å²) in [5.74, 6) is 0.285. The minimum Gasteiger partial charge on any atom is -0.290 e. The fraction of sp³-hybridized carbons (Fsp3) is 0.167. The van der Waals surface area contributed by atoms with E-state index < -0.39 is 10.0 Å². The van der Waals surface area contributed by atoms with Crippen LogP contribution in [-0.2, 0) is 16.4 Å². The first-order valence-electron chi connectivity index (χ1n) is 10.4. The van der Waals surface area contributed by atoms with Gasteiger partial charge in [0.1, 0.15) is 0 Å². The molecule has 5 rings (SSSR count). The number of aromatic nitrogens is 3. The van der Waals surface area contributed by atoms with Gasteiger partial charge in [0.25, 0.3) is 15.6 Å². The topological polar surface area (TPSA) is 88.1 Å². The van der Waals surface area contributed by atoms with Crippen molar-refractivity contribution < 1.29 is 8.42 Å². The van der Waals surface area contributed by atoms with Gasteiger partial charge in [-0.15, -0.1) is 0 Å². The van der Waals surface area contributed by atoms with Crippen LogP contribution < -0.4 is 9.86 Å². The molecule has 4 aromatic rings. The molecule has 0 saturated carbocycles. The smallest absolute Gasteiger partial charge is 0.275 e. The van der Waals surface area contributed by atoms with E-state index in [0.29, 0.717) is 27.5 Å². The number of benzene rings is 2. The highest BCUT2D eigenvalue weighted by molar-refractivity contribution is 7.92. The van der Waals surface area contributed by atoms with Crippen molar-refractivity contribution in [2.45, 2.75) is 25.2 Å². The SMILES string of the molecule is Cc1ccc(S(=O)(=O)N2CCc3c([nH]n(-c4cc(Cl)ccc4C)c3=O)-c3cccnc32)cc1. The highest BCUT2D eigenvalue weighted by Gasteiger charge is 2.33. The minimum absolute atomic E-state index is 0.0921. The highest BCUT2D eigenvalue weighted by Crippen LogP contribution is 2.36. The van der Waals surface area contributed by atoms with Gasteiger partial charge in [0.2, 0.25) is 0 Å². The van der Waals surface area contributed by atoms with Gasteiger partial charge in [0.05, 0.1) is 16.3 Å². The molecule has 0 saturated heterocycles. The van der Waals surface area contributed by atoms with Gasteiger partial charge >= 0.3 is 0 Å². The van der Waals surface area contributed by atoms with Gasteiger partial charge in [-0.2, -0.15) is 0 Å². The third-order valence-electron chi connectivity index (χ3n) is 5.86. The van der Waals surface area contributed by atoms with Crippen LogP contribution in [0, 0.1) is 13.8 Å². The number of sulfonamides is 1. The maximum atomic E-state index is 13.5. The molecule has 0 amide bonds. The number of pyridine rings is 1. The molecule has 0 aliphatic carbocycles. The zero-order chi connectivity index (χ0) is 23.3. The van der Waals surface area contributed by atoms with Crippen molar-refractivity contribution in [3.8, 4) is 16.9 Å². The first kappa shape index (κ1) is 21.5. The first-order chi connectivity index (χ1) is 15.8. The Hall–Kier alpha value is -3.36. The molecule has 0 spiro atoms. The summed E-state index contributed by atoms with van der Waals surface area (Å²) in [5, 5.41) is 3.70. The van der Waals surface area contributed by atoms with E-state index in [0.717, 1.165) is 11.1 Å². The Morgan fingerprint density at radius 2 is 1.82 bits per heavy atom. The average Bonchev–Trinajstić information content (AvgIpc) is 3.02. The summed E-state index contributed by atoms with van der Waals surface area (Å²) in [4.78, 5) is 18.0. The summed E-state index contributed by atoms with van der Waals surface area (Å²) in [6, 6.07) is 15.6. The van der Waals surface area contributed by atoms with Crippen LogP contribution >= 0.6 is 11.6 Å². The molecule has 2 aromatic heterocycles. The van der Waals surface area contributed by atoms with Crippen LogP contribution in [0.5, 0.6) is 0 Å². The summed E-state index contributed by atoms with van der Waals surface area (Å²) in [6.45, 7) is 3.89. The van der Waals surface area contributed by atoms with E-state index in [4.69, 9.17) is 11.6 Å². The quantitative estimate of drug-likeness (QED) is 0.475. The number of aryl methyl sites for hydroxylation is 2. The maximum absolute atomic E-state index is 13.5. The molecule has 1 aliphatic heterocycles. The molecule has 168 valence electrons. The van der Waals surface area contributed by atoms with Crippen molar-refractivity contribution in [1.82, 2.24) is 14.8 Å². The lowest BCUT2D eigenvalue weighted by atomic mass is 10.1. The number of halogens is 1. The normalized spacial score (nSPS) is 13.4. The standard InChI is InChI=1S/C24H21ClN4O3S/c1-15-5-9-18(10-6-15)33(31,32)28-13-11-20-22(19-4-3-12-26-23(19)28)27-29(24(20)30)21-14-17(25)8-7-16(21)2/h3-10,12,14,27H,11,13H2,1-2H3. The lowest BCUT2D eigenvalue weighted by Crippen LogP contribution is -2.34. The molecule has 0 radical (unpaired) electrons. The number of fused-ring (bicyclic) bond motifs is 3. The Labute approximate surface area is 196 Å². The average molecular weight is 481 g/mol. The third-order valence-corrected chi connectivity index (χ3v) is 7.90. The second kappa shape index (κ2) is 7.90. The van der Waals surface area contributed by atoms with Gasteiger partial charge < -0.3 is 0 Å². The molecule has 1 N–H and O–H groups in total. The Morgan fingerprint density at radius 1 is 1.06 bits per heavy atom. The van der Waals surface area contributed by atoms with Crippen molar-refractivity contribution >= 4 is 27.4 Å². The van der Waals surface area contributed by atoms with Crippen molar-refractivity contribution in [2.75, 3.05) is 10.8 Å². The van der Waals surface area contributed by atoms with Crippen LogP contribution in [0.2, 0.25) is 5.02 Å². The minimum atomic E-state index is -3.87. The number of hydrogen-bond acceptors (Lipinski definition) is 4. The monoisotopic (exact) mass is 480 g/mol. The zero-order valence-corrected chi connectivity index (χ0v) is 19.6. The number of H-pyrrole nitrogens is 1. The van der Waals surface area contributed by atoms with E-state index in [-0.39, 0.29) is 29.2 Å². The summed E-state index contributed by atoms with van der Waals surface area (Å²) in [7, 11) is -3.87. The van der Waals surface area contributed by atoms with E-state index in [2.05, 4.69) is 10.1 Å². The molecule has 0 bridgehead atoms. The molecule has 7 nitrogen and oxygen atoms in total. The van der Waals surface area contributed by atoms with E-state index in [1.165, 1.54) is 8.99 Å². The molecule has 0 fully saturated rings. The number of anilines is 1. The molecule has 33 heavy (non-hydrogen) atoms. The molecule has 2 aromatic carbocycles. The maximum Gasteiger partial charge on any atom is 0.275 e. The predicted molar refractivity (Wildman–Crippen MR) is 129 cm³/mol. The number of rotatable bonds is 3. The van der Waals surface area contributed by atoms with Crippen molar-refractivity contribution in [3.63, 3.8) is 0 Å². The molecular formula is C24H21ClN4O3S. The number of nitrogens with one attached hydrogen (secondary N) is 1. The lowest BCUT2D eigenvalue weighted by molar-refractivity contribution is 0.590. The fourth-order valence-corrected chi connectivity index (χ4v) is 5.71. The summed E-state index contributed by atoms with van der Waals surface area (Å²) in [5.41, 5.74) is 3.88. The Balaban J connectivity index is 1.68. The molecule has 9 heteroatoms. The van der Waals surface area contributed by atoms with Gasteiger partial charge in [0.15, 0.2) is 5.82 Å². The second-order valence-electron chi connectivity index (χ2n) is 8.05. The van der Waals surface area contributed by atoms with Gasteiger partial charge in [-0.05, 0) is 62.2 Å². The highest BCUT2D eigenvalue weighted by atomic mass is 35.5. The van der Waals surface area contributed by atoms with Gasteiger partial charge in [-0.25, -0.2) is 22.4 Å². The first-order valence-corrected chi connectivity index (χ1v) is 12.2. The zero-order valence-electron chi connectivity index (χ0n) is 18.0. The predicted octanol–water partition coefficient (Wildman–Crippen LogP) is 4.25. The van der Waals surface area contributed by atoms with Crippen molar-refractivity contribution in [2.24, 2.45) is 0 Å². The number of hydrogen-bond donors (Lipinski definition) is 1. The number of nitrogens with zero attached hydrogens (tertiary/aromatic N) is 3. The Bertz CT molecular complexity index is 1540. The Morgan fingerprint density at radius 3 is 2.58 bits per heavy atom.